The molecule has 0 fully saturated rings. The Hall–Kier alpha value is -2.81. The molecule has 1 heterocycles. The molecule has 1 amide bonds. The van der Waals surface area contributed by atoms with Crippen LogP contribution in [0.5, 0.6) is 11.5 Å². The molecule has 4 N–H and O–H groups in total. The molecule has 1 aliphatic heterocycles. The Morgan fingerprint density at radius 2 is 1.67 bits per heavy atom. The molecule has 0 saturated heterocycles. The summed E-state index contributed by atoms with van der Waals surface area (Å²) in [6.45, 7) is 4.40. The number of carbonyl (C=O) groups is 1. The normalized spacial score (nSPS) is 20.0. The number of aliphatic hydroxyl groups is 1. The number of carbonyl (C=O) groups excluding carboxylic acids is 1. The van der Waals surface area contributed by atoms with Gasteiger partial charge in [0.25, 0.3) is 5.91 Å². The zero-order valence-electron chi connectivity index (χ0n) is 24.1. The number of rotatable bonds is 9. The van der Waals surface area contributed by atoms with Crippen molar-refractivity contribution in [3.63, 3.8) is 0 Å². The Morgan fingerprint density at radius 3 is 2.38 bits per heavy atom. The van der Waals surface area contributed by atoms with E-state index in [2.05, 4.69) is 22.9 Å². The lowest BCUT2D eigenvalue weighted by atomic mass is 9.92. The van der Waals surface area contributed by atoms with Gasteiger partial charge in [0, 0.05) is 44.1 Å². The lowest BCUT2D eigenvalue weighted by molar-refractivity contribution is 0.0792. The standard InChI is InChI=1S/C31H47N3O5/c1-22-10-8-6-5-7-9-11-33-26-14-24(21-37-2)13-25(17-26)31(36)34-29(12-22)30(35)20-32-19-23-15-27(38-3)18-28(16-23)39-4/h13-18,22,29-30,32-33,35H,5-12,19-21H2,1-4H3,(H,34,36)/t22-,29+,30-/m1/s1. The number of hydrogen-bond donors (Lipinski definition) is 4. The van der Waals surface area contributed by atoms with E-state index in [0.29, 0.717) is 37.6 Å². The van der Waals surface area contributed by atoms with Crippen LogP contribution in [0.1, 0.15) is 73.4 Å². The highest BCUT2D eigenvalue weighted by atomic mass is 16.5. The molecule has 2 aromatic rings. The largest absolute Gasteiger partial charge is 0.497 e. The Kier molecular flexibility index (Phi) is 12.9. The number of benzene rings is 2. The number of methoxy groups -OCH3 is 3. The molecule has 8 heteroatoms. The smallest absolute Gasteiger partial charge is 0.251 e. The number of amides is 1. The number of fused-ring (bicyclic) bond motifs is 2. The van der Waals surface area contributed by atoms with Crippen LogP contribution in [0.2, 0.25) is 0 Å². The number of ether oxygens (including phenoxy) is 3. The summed E-state index contributed by atoms with van der Waals surface area (Å²) in [5.41, 5.74) is 3.42. The molecule has 3 atom stereocenters. The maximum absolute atomic E-state index is 13.4. The summed E-state index contributed by atoms with van der Waals surface area (Å²) in [4.78, 5) is 13.4. The van der Waals surface area contributed by atoms with E-state index in [-0.39, 0.29) is 11.9 Å². The van der Waals surface area contributed by atoms with Crippen LogP contribution in [0.25, 0.3) is 0 Å². The molecule has 0 unspecified atom stereocenters. The van der Waals surface area contributed by atoms with E-state index in [4.69, 9.17) is 14.2 Å². The van der Waals surface area contributed by atoms with Crippen LogP contribution in [0.15, 0.2) is 36.4 Å². The second kappa shape index (κ2) is 16.3. The summed E-state index contributed by atoms with van der Waals surface area (Å²) in [5.74, 6) is 1.64. The molecule has 0 aromatic heterocycles. The minimum absolute atomic E-state index is 0.183. The van der Waals surface area contributed by atoms with E-state index in [0.717, 1.165) is 47.7 Å². The lowest BCUT2D eigenvalue weighted by Gasteiger charge is -2.27. The summed E-state index contributed by atoms with van der Waals surface area (Å²) >= 11 is 0. The third-order valence-electron chi connectivity index (χ3n) is 7.30. The maximum atomic E-state index is 13.4. The first-order valence-electron chi connectivity index (χ1n) is 14.2. The molecule has 39 heavy (non-hydrogen) atoms. The van der Waals surface area contributed by atoms with Gasteiger partial charge in [-0.05, 0) is 60.2 Å². The first kappa shape index (κ1) is 30.7. The second-order valence-electron chi connectivity index (χ2n) is 10.7. The van der Waals surface area contributed by atoms with Gasteiger partial charge in [-0.15, -0.1) is 0 Å². The first-order chi connectivity index (χ1) is 18.9. The summed E-state index contributed by atoms with van der Waals surface area (Å²) in [6, 6.07) is 11.1. The van der Waals surface area contributed by atoms with E-state index in [1.807, 2.05) is 36.4 Å². The zero-order valence-corrected chi connectivity index (χ0v) is 24.1. The van der Waals surface area contributed by atoms with E-state index in [1.165, 1.54) is 25.7 Å². The number of hydrogen-bond acceptors (Lipinski definition) is 7. The van der Waals surface area contributed by atoms with Crippen LogP contribution in [-0.4, -0.2) is 57.6 Å². The van der Waals surface area contributed by atoms with Gasteiger partial charge in [0.15, 0.2) is 0 Å². The van der Waals surface area contributed by atoms with Crippen molar-refractivity contribution in [1.29, 1.82) is 0 Å². The molecule has 0 saturated carbocycles. The van der Waals surface area contributed by atoms with Crippen LogP contribution in [-0.2, 0) is 17.9 Å². The van der Waals surface area contributed by atoms with Crippen molar-refractivity contribution < 1.29 is 24.1 Å². The molecule has 2 aromatic carbocycles. The van der Waals surface area contributed by atoms with Crippen LogP contribution >= 0.6 is 0 Å². The van der Waals surface area contributed by atoms with Gasteiger partial charge in [-0.1, -0.05) is 39.0 Å². The summed E-state index contributed by atoms with van der Waals surface area (Å²) in [7, 11) is 4.90. The fraction of sp³-hybridized carbons (Fsp3) is 0.581. The molecule has 0 radical (unpaired) electrons. The van der Waals surface area contributed by atoms with Gasteiger partial charge in [-0.2, -0.15) is 0 Å². The van der Waals surface area contributed by atoms with E-state index < -0.39 is 6.10 Å². The minimum atomic E-state index is -0.748. The van der Waals surface area contributed by atoms with Crippen molar-refractivity contribution in [2.75, 3.05) is 39.7 Å². The predicted octanol–water partition coefficient (Wildman–Crippen LogP) is 4.89. The van der Waals surface area contributed by atoms with Crippen molar-refractivity contribution in [2.45, 2.75) is 77.2 Å². The van der Waals surface area contributed by atoms with Crippen LogP contribution in [0.4, 0.5) is 5.69 Å². The Balaban J connectivity index is 1.73. The molecule has 1 aliphatic rings. The van der Waals surface area contributed by atoms with Gasteiger partial charge < -0.3 is 35.3 Å². The third kappa shape index (κ3) is 10.4. The van der Waals surface area contributed by atoms with Gasteiger partial charge >= 0.3 is 0 Å². The van der Waals surface area contributed by atoms with Gasteiger partial charge in [-0.25, -0.2) is 0 Å². The molecule has 0 spiro atoms. The SMILES string of the molecule is COCc1cc2cc(c1)C(=O)N[C@H]([C@H](O)CNCc1cc(OC)cc(OC)c1)C[C@H](C)CCCCCCCN2. The van der Waals surface area contributed by atoms with Crippen LogP contribution in [0, 0.1) is 5.92 Å². The molecular weight excluding hydrogens is 494 g/mol. The summed E-state index contributed by atoms with van der Waals surface area (Å²) in [5, 5.41) is 21.2. The number of anilines is 1. The van der Waals surface area contributed by atoms with Gasteiger partial charge in [-0.3, -0.25) is 4.79 Å². The summed E-state index contributed by atoms with van der Waals surface area (Å²) in [6.07, 6.45) is 6.96. The predicted molar refractivity (Wildman–Crippen MR) is 156 cm³/mol. The average Bonchev–Trinajstić information content (AvgIpc) is 2.93. The van der Waals surface area contributed by atoms with Crippen molar-refractivity contribution in [3.8, 4) is 11.5 Å². The molecular formula is C31H47N3O5. The first-order valence-corrected chi connectivity index (χ1v) is 14.2. The van der Waals surface area contributed by atoms with Crippen molar-refractivity contribution in [1.82, 2.24) is 10.6 Å². The van der Waals surface area contributed by atoms with E-state index in [1.54, 1.807) is 21.3 Å². The molecule has 0 aliphatic carbocycles. The Labute approximate surface area is 233 Å². The van der Waals surface area contributed by atoms with E-state index in [9.17, 15) is 9.90 Å². The monoisotopic (exact) mass is 541 g/mol. The van der Waals surface area contributed by atoms with Gasteiger partial charge in [0.05, 0.1) is 33.0 Å². The summed E-state index contributed by atoms with van der Waals surface area (Å²) < 4.78 is 16.1. The van der Waals surface area contributed by atoms with Gasteiger partial charge in [0.2, 0.25) is 0 Å². The van der Waals surface area contributed by atoms with Gasteiger partial charge in [0.1, 0.15) is 11.5 Å². The Morgan fingerprint density at radius 1 is 0.949 bits per heavy atom. The average molecular weight is 542 g/mol. The van der Waals surface area contributed by atoms with Crippen LogP contribution < -0.4 is 25.4 Å². The molecule has 3 rings (SSSR count). The third-order valence-corrected chi connectivity index (χ3v) is 7.30. The molecule has 8 nitrogen and oxygen atoms in total. The quantitative estimate of drug-likeness (QED) is 0.359. The minimum Gasteiger partial charge on any atom is -0.497 e. The van der Waals surface area contributed by atoms with Crippen molar-refractivity contribution >= 4 is 11.6 Å². The zero-order chi connectivity index (χ0) is 28.0. The van der Waals surface area contributed by atoms with Crippen molar-refractivity contribution in [2.24, 2.45) is 5.92 Å². The molecule has 216 valence electrons. The topological polar surface area (TPSA) is 101 Å². The highest BCUT2D eigenvalue weighted by Crippen LogP contribution is 2.23. The fourth-order valence-electron chi connectivity index (χ4n) is 5.15. The highest BCUT2D eigenvalue weighted by molar-refractivity contribution is 5.95. The second-order valence-corrected chi connectivity index (χ2v) is 10.7. The van der Waals surface area contributed by atoms with E-state index >= 15 is 0 Å². The molecule has 2 bridgehead atoms. The highest BCUT2D eigenvalue weighted by Gasteiger charge is 2.24. The van der Waals surface area contributed by atoms with Crippen molar-refractivity contribution in [3.05, 3.63) is 53.1 Å². The number of nitrogens with one attached hydrogen (secondary N) is 3. The fourth-order valence-corrected chi connectivity index (χ4v) is 5.15. The maximum Gasteiger partial charge on any atom is 0.251 e. The lowest BCUT2D eigenvalue weighted by Crippen LogP contribution is -2.48. The van der Waals surface area contributed by atoms with Crippen LogP contribution in [0.3, 0.4) is 0 Å². The number of aliphatic hydroxyl groups excluding tert-OH is 1. The Bertz CT molecular complexity index is 1010.